The van der Waals surface area contributed by atoms with Gasteiger partial charge in [0.15, 0.2) is 0 Å². The van der Waals surface area contributed by atoms with Gasteiger partial charge in [-0.25, -0.2) is 4.68 Å². The molecule has 7 heteroatoms. The highest BCUT2D eigenvalue weighted by Gasteiger charge is 2.18. The second-order valence-electron chi connectivity index (χ2n) is 4.30. The largest absolute Gasteiger partial charge is 0.383 e. The Balaban J connectivity index is 2.45. The first kappa shape index (κ1) is 13.4. The van der Waals surface area contributed by atoms with Gasteiger partial charge < -0.3 is 5.73 Å². The van der Waals surface area contributed by atoms with Crippen molar-refractivity contribution in [2.24, 2.45) is 0 Å². The van der Waals surface area contributed by atoms with Gasteiger partial charge in [0, 0.05) is 11.6 Å². The molecule has 2 aromatic rings. The molecule has 0 radical (unpaired) electrons. The summed E-state index contributed by atoms with van der Waals surface area (Å²) in [6.45, 7) is 3.56. The smallest absolute Gasteiger partial charge is 0.272 e. The summed E-state index contributed by atoms with van der Waals surface area (Å²) in [5.74, 6) is 0.345. The second kappa shape index (κ2) is 4.89. The van der Waals surface area contributed by atoms with E-state index in [2.05, 4.69) is 5.10 Å². The molecule has 0 spiro atoms. The van der Waals surface area contributed by atoms with Gasteiger partial charge in [-0.15, -0.1) is 0 Å². The van der Waals surface area contributed by atoms with E-state index in [0.29, 0.717) is 16.4 Å². The minimum absolute atomic E-state index is 0.0844. The van der Waals surface area contributed by atoms with E-state index in [4.69, 9.17) is 17.3 Å². The Morgan fingerprint density at radius 3 is 2.74 bits per heavy atom. The Kier molecular flexibility index (Phi) is 3.44. The molecule has 0 aliphatic heterocycles. The van der Waals surface area contributed by atoms with Crippen LogP contribution in [0.1, 0.15) is 24.1 Å². The fraction of sp³-hybridized carbons (Fsp3) is 0.250. The summed E-state index contributed by atoms with van der Waals surface area (Å²) < 4.78 is 1.54. The van der Waals surface area contributed by atoms with Crippen LogP contribution in [0.3, 0.4) is 0 Å². The van der Waals surface area contributed by atoms with E-state index in [0.717, 1.165) is 5.56 Å². The molecule has 1 aromatic heterocycles. The number of rotatable bonds is 3. The zero-order chi connectivity index (χ0) is 14.2. The summed E-state index contributed by atoms with van der Waals surface area (Å²) in [6, 6.07) is 4.84. The number of nitrogens with two attached hydrogens (primary N) is 1. The average Bonchev–Trinajstić information content (AvgIpc) is 2.69. The molecular weight excluding hydrogens is 268 g/mol. The van der Waals surface area contributed by atoms with E-state index < -0.39 is 4.92 Å². The first-order chi connectivity index (χ1) is 8.91. The van der Waals surface area contributed by atoms with Gasteiger partial charge in [0.2, 0.25) is 0 Å². The van der Waals surface area contributed by atoms with Crippen LogP contribution in [0.4, 0.5) is 11.5 Å². The molecule has 0 aliphatic carbocycles. The van der Waals surface area contributed by atoms with Crippen LogP contribution in [0.25, 0.3) is 0 Å². The van der Waals surface area contributed by atoms with Gasteiger partial charge in [-0.05, 0) is 19.4 Å². The zero-order valence-electron chi connectivity index (χ0n) is 10.5. The number of benzene rings is 1. The molecule has 0 saturated heterocycles. The van der Waals surface area contributed by atoms with Crippen LogP contribution < -0.4 is 5.73 Å². The minimum Gasteiger partial charge on any atom is -0.383 e. The number of nitrogen functional groups attached to an aromatic ring is 1. The molecule has 1 heterocycles. The van der Waals surface area contributed by atoms with E-state index in [1.807, 2.05) is 13.0 Å². The number of nitrogens with zero attached hydrogens (tertiary/aromatic N) is 3. The fourth-order valence-corrected chi connectivity index (χ4v) is 2.01. The SMILES string of the molecule is Cc1ccc(C(C)n2ncc(Cl)c2N)cc1[N+](=O)[O-]. The standard InChI is InChI=1S/C12H13ClN4O2/c1-7-3-4-9(5-11(7)17(18)19)8(2)16-12(14)10(13)6-15-16/h3-6,8H,14H2,1-2H3. The molecule has 2 rings (SSSR count). The van der Waals surface area contributed by atoms with Gasteiger partial charge in [-0.2, -0.15) is 5.10 Å². The van der Waals surface area contributed by atoms with E-state index in [1.165, 1.54) is 16.9 Å². The van der Waals surface area contributed by atoms with Crippen LogP contribution in [-0.2, 0) is 0 Å². The first-order valence-corrected chi connectivity index (χ1v) is 6.03. The number of aryl methyl sites for hydroxylation is 1. The van der Waals surface area contributed by atoms with E-state index in [-0.39, 0.29) is 11.7 Å². The van der Waals surface area contributed by atoms with Crippen LogP contribution in [0.2, 0.25) is 5.02 Å². The van der Waals surface area contributed by atoms with Gasteiger partial charge in [0.05, 0.1) is 17.2 Å². The Bertz CT molecular complexity index is 639. The quantitative estimate of drug-likeness (QED) is 0.691. The van der Waals surface area contributed by atoms with E-state index in [9.17, 15) is 10.1 Å². The number of nitro groups is 1. The molecule has 0 amide bonds. The molecule has 19 heavy (non-hydrogen) atoms. The van der Waals surface area contributed by atoms with Gasteiger partial charge in [-0.3, -0.25) is 10.1 Å². The van der Waals surface area contributed by atoms with Crippen molar-refractivity contribution >= 4 is 23.1 Å². The van der Waals surface area contributed by atoms with Gasteiger partial charge >= 0.3 is 0 Å². The molecular formula is C12H13ClN4O2. The Labute approximate surface area is 114 Å². The first-order valence-electron chi connectivity index (χ1n) is 5.65. The summed E-state index contributed by atoms with van der Waals surface area (Å²) in [5.41, 5.74) is 7.26. The summed E-state index contributed by atoms with van der Waals surface area (Å²) in [4.78, 5) is 10.5. The van der Waals surface area contributed by atoms with Crippen molar-refractivity contribution in [1.29, 1.82) is 0 Å². The predicted octanol–water partition coefficient (Wildman–Crippen LogP) is 2.94. The number of anilines is 1. The maximum atomic E-state index is 10.9. The maximum Gasteiger partial charge on any atom is 0.272 e. The van der Waals surface area contributed by atoms with Crippen LogP contribution in [0.5, 0.6) is 0 Å². The lowest BCUT2D eigenvalue weighted by molar-refractivity contribution is -0.385. The summed E-state index contributed by atoms with van der Waals surface area (Å²) in [7, 11) is 0. The van der Waals surface area contributed by atoms with Gasteiger partial charge in [0.1, 0.15) is 10.8 Å². The molecule has 0 aliphatic rings. The van der Waals surface area contributed by atoms with Crippen molar-refractivity contribution in [1.82, 2.24) is 9.78 Å². The molecule has 0 saturated carbocycles. The number of hydrogen-bond acceptors (Lipinski definition) is 4. The van der Waals surface area contributed by atoms with Crippen molar-refractivity contribution in [3.05, 3.63) is 50.7 Å². The molecule has 100 valence electrons. The number of hydrogen-bond donors (Lipinski definition) is 1. The Morgan fingerprint density at radius 2 is 2.21 bits per heavy atom. The Morgan fingerprint density at radius 1 is 1.53 bits per heavy atom. The van der Waals surface area contributed by atoms with Crippen LogP contribution >= 0.6 is 11.6 Å². The minimum atomic E-state index is -0.398. The highest BCUT2D eigenvalue weighted by molar-refractivity contribution is 6.32. The highest BCUT2D eigenvalue weighted by atomic mass is 35.5. The van der Waals surface area contributed by atoms with E-state index >= 15 is 0 Å². The lowest BCUT2D eigenvalue weighted by Crippen LogP contribution is -2.11. The third kappa shape index (κ3) is 2.39. The van der Waals surface area contributed by atoms with Crippen molar-refractivity contribution in [3.8, 4) is 0 Å². The second-order valence-corrected chi connectivity index (χ2v) is 4.71. The van der Waals surface area contributed by atoms with Crippen molar-refractivity contribution in [2.75, 3.05) is 5.73 Å². The molecule has 1 aromatic carbocycles. The molecule has 1 unspecified atom stereocenters. The predicted molar refractivity (Wildman–Crippen MR) is 73.3 cm³/mol. The highest BCUT2D eigenvalue weighted by Crippen LogP contribution is 2.28. The third-order valence-electron chi connectivity index (χ3n) is 3.07. The van der Waals surface area contributed by atoms with Crippen LogP contribution in [0, 0.1) is 17.0 Å². The monoisotopic (exact) mass is 280 g/mol. The van der Waals surface area contributed by atoms with Crippen molar-refractivity contribution in [2.45, 2.75) is 19.9 Å². The third-order valence-corrected chi connectivity index (χ3v) is 3.36. The van der Waals surface area contributed by atoms with Crippen LogP contribution in [0.15, 0.2) is 24.4 Å². The summed E-state index contributed by atoms with van der Waals surface area (Å²) >= 11 is 5.85. The molecule has 1 atom stereocenters. The van der Waals surface area contributed by atoms with Gasteiger partial charge in [0.25, 0.3) is 5.69 Å². The summed E-state index contributed by atoms with van der Waals surface area (Å²) in [5, 5.41) is 15.4. The number of aromatic nitrogens is 2. The van der Waals surface area contributed by atoms with Crippen molar-refractivity contribution < 1.29 is 4.92 Å². The average molecular weight is 281 g/mol. The molecule has 0 bridgehead atoms. The maximum absolute atomic E-state index is 10.9. The fourth-order valence-electron chi connectivity index (χ4n) is 1.88. The molecule has 6 nitrogen and oxygen atoms in total. The van der Waals surface area contributed by atoms with Crippen LogP contribution in [-0.4, -0.2) is 14.7 Å². The normalized spacial score (nSPS) is 12.4. The molecule has 2 N–H and O–H groups in total. The lowest BCUT2D eigenvalue weighted by Gasteiger charge is -2.14. The molecule has 0 fully saturated rings. The number of halogens is 1. The van der Waals surface area contributed by atoms with Crippen molar-refractivity contribution in [3.63, 3.8) is 0 Å². The summed E-state index contributed by atoms with van der Waals surface area (Å²) in [6.07, 6.45) is 1.45. The van der Waals surface area contributed by atoms with Gasteiger partial charge in [-0.1, -0.05) is 23.7 Å². The zero-order valence-corrected chi connectivity index (χ0v) is 11.3. The topological polar surface area (TPSA) is 87.0 Å². The Hall–Kier alpha value is -2.08. The lowest BCUT2D eigenvalue weighted by atomic mass is 10.0. The number of nitro benzene ring substituents is 1. The van der Waals surface area contributed by atoms with E-state index in [1.54, 1.807) is 13.0 Å².